The molecule has 0 radical (unpaired) electrons. The fourth-order valence-electron chi connectivity index (χ4n) is 3.06. The zero-order valence-electron chi connectivity index (χ0n) is 16.1. The molecule has 0 fully saturated rings. The van der Waals surface area contributed by atoms with Gasteiger partial charge in [0.1, 0.15) is 5.82 Å². The fraction of sp³-hybridized carbons (Fsp3) is 0.261. The van der Waals surface area contributed by atoms with Crippen molar-refractivity contribution in [1.82, 2.24) is 10.2 Å². The molecule has 1 amide bonds. The number of carbonyl (C=O) groups is 1. The van der Waals surface area contributed by atoms with E-state index in [-0.39, 0.29) is 23.8 Å². The molecule has 0 saturated carbocycles. The third-order valence-electron chi connectivity index (χ3n) is 4.64. The Bertz CT molecular complexity index is 863. The van der Waals surface area contributed by atoms with Gasteiger partial charge in [-0.05, 0) is 48.6 Å². The van der Waals surface area contributed by atoms with Gasteiger partial charge in [-0.25, -0.2) is 4.39 Å². The molecule has 0 aliphatic carbocycles. The molecular formula is C23H25FN2OS. The first kappa shape index (κ1) is 20.2. The second-order valence-corrected chi connectivity index (χ2v) is 8.03. The van der Waals surface area contributed by atoms with E-state index in [1.165, 1.54) is 17.7 Å². The Morgan fingerprint density at radius 3 is 2.36 bits per heavy atom. The zero-order valence-corrected chi connectivity index (χ0v) is 17.0. The minimum atomic E-state index is -0.283. The van der Waals surface area contributed by atoms with Gasteiger partial charge < -0.3 is 5.32 Å². The van der Waals surface area contributed by atoms with Gasteiger partial charge >= 0.3 is 0 Å². The Morgan fingerprint density at radius 2 is 1.75 bits per heavy atom. The maximum atomic E-state index is 13.3. The molecular weight excluding hydrogens is 371 g/mol. The van der Waals surface area contributed by atoms with Crippen LogP contribution in [0, 0.1) is 5.82 Å². The van der Waals surface area contributed by atoms with Crippen LogP contribution >= 0.6 is 11.3 Å². The summed E-state index contributed by atoms with van der Waals surface area (Å²) in [5.74, 6) is -0.332. The lowest BCUT2D eigenvalue weighted by Gasteiger charge is -2.27. The molecule has 3 rings (SSSR count). The Kier molecular flexibility index (Phi) is 6.95. The Labute approximate surface area is 169 Å². The lowest BCUT2D eigenvalue weighted by Crippen LogP contribution is -2.41. The first-order valence-corrected chi connectivity index (χ1v) is 10.3. The summed E-state index contributed by atoms with van der Waals surface area (Å²) < 4.78 is 13.3. The molecule has 1 heterocycles. The normalized spacial score (nSPS) is 12.3. The molecule has 5 heteroatoms. The second kappa shape index (κ2) is 9.62. The Balaban J connectivity index is 1.72. The molecule has 2 aromatic carbocycles. The number of thiophene rings is 1. The van der Waals surface area contributed by atoms with Gasteiger partial charge in [0, 0.05) is 17.5 Å². The van der Waals surface area contributed by atoms with Crippen LogP contribution in [0.1, 0.15) is 35.9 Å². The standard InChI is InChI=1S/C23H25FN2OS/c1-17(2)26(15-18-7-4-3-5-8-18)16-22(27)25-23(21-9-6-14-28-21)19-10-12-20(24)13-11-19/h3-14,17,23H,15-16H2,1-2H3,(H,25,27). The average molecular weight is 397 g/mol. The predicted molar refractivity (Wildman–Crippen MR) is 113 cm³/mol. The number of hydrogen-bond donors (Lipinski definition) is 1. The number of halogens is 1. The molecule has 3 nitrogen and oxygen atoms in total. The molecule has 28 heavy (non-hydrogen) atoms. The van der Waals surface area contributed by atoms with Gasteiger partial charge in [0.15, 0.2) is 0 Å². The van der Waals surface area contributed by atoms with Gasteiger partial charge in [-0.15, -0.1) is 11.3 Å². The summed E-state index contributed by atoms with van der Waals surface area (Å²) in [5.41, 5.74) is 2.05. The smallest absolute Gasteiger partial charge is 0.234 e. The number of nitrogens with zero attached hydrogens (tertiary/aromatic N) is 1. The van der Waals surface area contributed by atoms with Crippen molar-refractivity contribution in [3.8, 4) is 0 Å². The first-order valence-electron chi connectivity index (χ1n) is 9.39. The van der Waals surface area contributed by atoms with Crippen molar-refractivity contribution in [2.45, 2.75) is 32.5 Å². The molecule has 3 aromatic rings. The summed E-state index contributed by atoms with van der Waals surface area (Å²) in [7, 11) is 0. The van der Waals surface area contributed by atoms with Crippen LogP contribution in [-0.2, 0) is 11.3 Å². The minimum absolute atomic E-state index is 0.0487. The zero-order chi connectivity index (χ0) is 19.9. The van der Waals surface area contributed by atoms with Crippen molar-refractivity contribution < 1.29 is 9.18 Å². The van der Waals surface area contributed by atoms with Gasteiger partial charge in [0.2, 0.25) is 5.91 Å². The van der Waals surface area contributed by atoms with Gasteiger partial charge in [-0.3, -0.25) is 9.69 Å². The van der Waals surface area contributed by atoms with Gasteiger partial charge in [-0.2, -0.15) is 0 Å². The number of nitrogens with one attached hydrogen (secondary N) is 1. The number of rotatable bonds is 8. The largest absolute Gasteiger partial charge is 0.343 e. The second-order valence-electron chi connectivity index (χ2n) is 7.05. The molecule has 0 aliphatic heterocycles. The Morgan fingerprint density at radius 1 is 1.04 bits per heavy atom. The van der Waals surface area contributed by atoms with Crippen LogP contribution in [0.2, 0.25) is 0 Å². The maximum absolute atomic E-state index is 13.3. The summed E-state index contributed by atoms with van der Waals surface area (Å²) >= 11 is 1.58. The first-order chi connectivity index (χ1) is 13.5. The summed E-state index contributed by atoms with van der Waals surface area (Å²) in [4.78, 5) is 16.0. The van der Waals surface area contributed by atoms with Gasteiger partial charge in [0.05, 0.1) is 12.6 Å². The third kappa shape index (κ3) is 5.50. The highest BCUT2D eigenvalue weighted by Crippen LogP contribution is 2.26. The van der Waals surface area contributed by atoms with E-state index in [1.807, 2.05) is 35.7 Å². The van der Waals surface area contributed by atoms with Crippen molar-refractivity contribution in [2.75, 3.05) is 6.54 Å². The minimum Gasteiger partial charge on any atom is -0.343 e. The van der Waals surface area contributed by atoms with E-state index in [9.17, 15) is 9.18 Å². The lowest BCUT2D eigenvalue weighted by molar-refractivity contribution is -0.123. The van der Waals surface area contributed by atoms with Crippen molar-refractivity contribution in [3.05, 3.63) is 93.9 Å². The number of carbonyl (C=O) groups excluding carboxylic acids is 1. The summed E-state index contributed by atoms with van der Waals surface area (Å²) in [5, 5.41) is 5.11. The molecule has 0 bridgehead atoms. The summed E-state index contributed by atoms with van der Waals surface area (Å²) in [6.07, 6.45) is 0. The van der Waals surface area contributed by atoms with E-state index in [2.05, 4.69) is 36.2 Å². The van der Waals surface area contributed by atoms with Crippen LogP contribution in [0.25, 0.3) is 0 Å². The average Bonchev–Trinajstić information content (AvgIpc) is 3.22. The van der Waals surface area contributed by atoms with Gasteiger partial charge in [-0.1, -0.05) is 48.5 Å². The molecule has 1 unspecified atom stereocenters. The molecule has 1 aromatic heterocycles. The van der Waals surface area contributed by atoms with Crippen LogP contribution < -0.4 is 5.32 Å². The van der Waals surface area contributed by atoms with Crippen molar-refractivity contribution in [3.63, 3.8) is 0 Å². The van der Waals surface area contributed by atoms with Crippen molar-refractivity contribution in [1.29, 1.82) is 0 Å². The summed E-state index contributed by atoms with van der Waals surface area (Å²) in [6.45, 7) is 5.20. The van der Waals surface area contributed by atoms with E-state index < -0.39 is 0 Å². The predicted octanol–water partition coefficient (Wildman–Crippen LogP) is 5.00. The Hall–Kier alpha value is -2.50. The fourth-order valence-corrected chi connectivity index (χ4v) is 3.86. The van der Waals surface area contributed by atoms with Crippen LogP contribution in [-0.4, -0.2) is 23.4 Å². The number of amides is 1. The molecule has 0 aliphatic rings. The van der Waals surface area contributed by atoms with Crippen molar-refractivity contribution >= 4 is 17.2 Å². The monoisotopic (exact) mass is 396 g/mol. The van der Waals surface area contributed by atoms with Crippen LogP contribution in [0.3, 0.4) is 0 Å². The lowest BCUT2D eigenvalue weighted by atomic mass is 10.1. The molecule has 1 atom stereocenters. The third-order valence-corrected chi connectivity index (χ3v) is 5.58. The molecule has 0 saturated heterocycles. The SMILES string of the molecule is CC(C)N(CC(=O)NC(c1ccc(F)cc1)c1cccs1)Cc1ccccc1. The van der Waals surface area contributed by atoms with Crippen LogP contribution in [0.15, 0.2) is 72.1 Å². The van der Waals surface area contributed by atoms with E-state index >= 15 is 0 Å². The summed E-state index contributed by atoms with van der Waals surface area (Å²) in [6, 6.07) is 20.4. The quantitative estimate of drug-likeness (QED) is 0.581. The molecule has 0 spiro atoms. The molecule has 146 valence electrons. The van der Waals surface area contributed by atoms with Crippen LogP contribution in [0.4, 0.5) is 4.39 Å². The number of hydrogen-bond acceptors (Lipinski definition) is 3. The van der Waals surface area contributed by atoms with E-state index in [1.54, 1.807) is 23.5 Å². The van der Waals surface area contributed by atoms with E-state index in [4.69, 9.17) is 0 Å². The topological polar surface area (TPSA) is 32.3 Å². The highest BCUT2D eigenvalue weighted by Gasteiger charge is 2.21. The highest BCUT2D eigenvalue weighted by atomic mass is 32.1. The van der Waals surface area contributed by atoms with E-state index in [0.717, 1.165) is 10.4 Å². The van der Waals surface area contributed by atoms with Gasteiger partial charge in [0.25, 0.3) is 0 Å². The highest BCUT2D eigenvalue weighted by molar-refractivity contribution is 7.10. The maximum Gasteiger partial charge on any atom is 0.234 e. The van der Waals surface area contributed by atoms with Crippen LogP contribution in [0.5, 0.6) is 0 Å². The van der Waals surface area contributed by atoms with Crippen molar-refractivity contribution in [2.24, 2.45) is 0 Å². The van der Waals surface area contributed by atoms with E-state index in [0.29, 0.717) is 13.1 Å². The molecule has 1 N–H and O–H groups in total. The number of benzene rings is 2.